The Bertz CT molecular complexity index is 698. The highest BCUT2D eigenvalue weighted by atomic mass is 16.3. The molecule has 2 aromatic carbocycles. The molecule has 1 amide bonds. The molecule has 0 aromatic heterocycles. The number of rotatable bonds is 4. The molecular formula is C19H22N2O2. The number of nitrogens with zero attached hydrogens (tertiary/aromatic N) is 1. The van der Waals surface area contributed by atoms with Crippen LogP contribution >= 0.6 is 0 Å². The van der Waals surface area contributed by atoms with E-state index >= 15 is 0 Å². The molecule has 0 aliphatic carbocycles. The smallest absolute Gasteiger partial charge is 0.245 e. The van der Waals surface area contributed by atoms with Gasteiger partial charge in [0, 0.05) is 11.3 Å². The summed E-state index contributed by atoms with van der Waals surface area (Å²) in [6.45, 7) is 5.38. The molecule has 0 saturated carbocycles. The first-order valence-electron chi connectivity index (χ1n) is 8.05. The molecule has 0 spiro atoms. The average Bonchev–Trinajstić information content (AvgIpc) is 2.59. The fraction of sp³-hybridized carbons (Fsp3) is 0.316. The molecule has 0 bridgehead atoms. The Kier molecular flexibility index (Phi) is 4.20. The number of benzene rings is 2. The van der Waals surface area contributed by atoms with Gasteiger partial charge in [0.25, 0.3) is 0 Å². The van der Waals surface area contributed by atoms with Crippen molar-refractivity contribution in [3.8, 4) is 0 Å². The molecule has 120 valence electrons. The van der Waals surface area contributed by atoms with Gasteiger partial charge in [-0.2, -0.15) is 0 Å². The highest BCUT2D eigenvalue weighted by Gasteiger charge is 2.51. The topological polar surface area (TPSA) is 52.6 Å². The van der Waals surface area contributed by atoms with Crippen LogP contribution in [0.3, 0.4) is 0 Å². The van der Waals surface area contributed by atoms with Crippen molar-refractivity contribution in [3.05, 3.63) is 65.7 Å². The molecule has 4 heteroatoms. The number of likely N-dealkylation sites (N-methyl/N-ethyl adjacent to an activating group) is 1. The van der Waals surface area contributed by atoms with E-state index in [9.17, 15) is 9.90 Å². The lowest BCUT2D eigenvalue weighted by atomic mass is 9.76. The molecule has 0 fully saturated rings. The van der Waals surface area contributed by atoms with Gasteiger partial charge >= 0.3 is 0 Å². The number of hydrogen-bond acceptors (Lipinski definition) is 3. The third kappa shape index (κ3) is 2.44. The van der Waals surface area contributed by atoms with Gasteiger partial charge < -0.3 is 10.4 Å². The van der Waals surface area contributed by atoms with Crippen LogP contribution in [0.25, 0.3) is 0 Å². The van der Waals surface area contributed by atoms with Crippen molar-refractivity contribution in [3.63, 3.8) is 0 Å². The molecule has 0 saturated heterocycles. The molecule has 0 radical (unpaired) electrons. The lowest BCUT2D eigenvalue weighted by Gasteiger charge is -2.45. The fourth-order valence-electron chi connectivity index (χ4n) is 3.49. The number of amides is 1. The summed E-state index contributed by atoms with van der Waals surface area (Å²) in [5.41, 5.74) is 0.779. The van der Waals surface area contributed by atoms with Crippen LogP contribution < -0.4 is 5.32 Å². The Morgan fingerprint density at radius 3 is 2.30 bits per heavy atom. The summed E-state index contributed by atoms with van der Waals surface area (Å²) < 4.78 is 0. The number of hydrogen-bond donors (Lipinski definition) is 2. The predicted octanol–water partition coefficient (Wildman–Crippen LogP) is 2.59. The zero-order valence-corrected chi connectivity index (χ0v) is 13.5. The van der Waals surface area contributed by atoms with E-state index in [-0.39, 0.29) is 5.91 Å². The molecule has 0 unspecified atom stereocenters. The van der Waals surface area contributed by atoms with Gasteiger partial charge in [-0.15, -0.1) is 0 Å². The third-order valence-corrected chi connectivity index (χ3v) is 4.63. The van der Waals surface area contributed by atoms with Gasteiger partial charge in [-0.1, -0.05) is 62.4 Å². The highest BCUT2D eigenvalue weighted by molar-refractivity contribution is 6.00. The van der Waals surface area contributed by atoms with E-state index in [1.165, 1.54) is 0 Å². The van der Waals surface area contributed by atoms with Gasteiger partial charge in [-0.3, -0.25) is 9.69 Å². The lowest BCUT2D eigenvalue weighted by Crippen LogP contribution is -2.60. The summed E-state index contributed by atoms with van der Waals surface area (Å²) in [7, 11) is 0. The van der Waals surface area contributed by atoms with E-state index < -0.39 is 11.6 Å². The van der Waals surface area contributed by atoms with Gasteiger partial charge in [0.15, 0.2) is 0 Å². The maximum atomic E-state index is 12.8. The van der Waals surface area contributed by atoms with Crippen molar-refractivity contribution < 1.29 is 9.90 Å². The highest BCUT2D eigenvalue weighted by Crippen LogP contribution is 2.42. The molecule has 2 atom stereocenters. The molecule has 3 rings (SSSR count). The molecular weight excluding hydrogens is 288 g/mol. The third-order valence-electron chi connectivity index (χ3n) is 4.63. The minimum absolute atomic E-state index is 0.168. The van der Waals surface area contributed by atoms with Crippen LogP contribution in [-0.4, -0.2) is 35.0 Å². The summed E-state index contributed by atoms with van der Waals surface area (Å²) in [5.74, 6) is -0.168. The molecule has 23 heavy (non-hydrogen) atoms. The molecule has 4 nitrogen and oxygen atoms in total. The molecule has 1 aliphatic heterocycles. The first-order valence-corrected chi connectivity index (χ1v) is 8.05. The summed E-state index contributed by atoms with van der Waals surface area (Å²) in [5, 5.41) is 14.7. The largest absolute Gasteiger partial charge is 0.378 e. The molecule has 2 aromatic rings. The van der Waals surface area contributed by atoms with E-state index in [0.717, 1.165) is 11.1 Å². The first-order chi connectivity index (χ1) is 11.1. The number of nitrogens with one attached hydrogen (secondary N) is 1. The minimum atomic E-state index is -1.37. The zero-order valence-electron chi connectivity index (χ0n) is 13.5. The second-order valence-corrected chi connectivity index (χ2v) is 5.79. The second-order valence-electron chi connectivity index (χ2n) is 5.79. The van der Waals surface area contributed by atoms with Crippen LogP contribution in [0.5, 0.6) is 0 Å². The van der Waals surface area contributed by atoms with E-state index in [1.807, 2.05) is 73.3 Å². The number of anilines is 1. The van der Waals surface area contributed by atoms with Crippen molar-refractivity contribution in [2.75, 3.05) is 18.4 Å². The Morgan fingerprint density at radius 1 is 1.04 bits per heavy atom. The summed E-state index contributed by atoms with van der Waals surface area (Å²) in [6.07, 6.45) is 0. The average molecular weight is 310 g/mol. The van der Waals surface area contributed by atoms with E-state index in [2.05, 4.69) is 5.32 Å². The quantitative estimate of drug-likeness (QED) is 0.912. The fourth-order valence-corrected chi connectivity index (χ4v) is 3.49. The number of aliphatic hydroxyl groups is 1. The Morgan fingerprint density at radius 2 is 1.65 bits per heavy atom. The Hall–Kier alpha value is -2.17. The van der Waals surface area contributed by atoms with Crippen LogP contribution in [0.4, 0.5) is 5.69 Å². The predicted molar refractivity (Wildman–Crippen MR) is 91.2 cm³/mol. The van der Waals surface area contributed by atoms with Crippen molar-refractivity contribution in [2.45, 2.75) is 25.5 Å². The first kappa shape index (κ1) is 15.7. The molecule has 1 aliphatic rings. The molecule has 1 heterocycles. The van der Waals surface area contributed by atoms with Crippen LogP contribution in [0, 0.1) is 0 Å². The minimum Gasteiger partial charge on any atom is -0.378 e. The van der Waals surface area contributed by atoms with Crippen LogP contribution in [-0.2, 0) is 10.4 Å². The van der Waals surface area contributed by atoms with Crippen molar-refractivity contribution in [2.24, 2.45) is 0 Å². The SMILES string of the molecule is CCN(CC)[C@@H]1C(=O)Nc2ccccc2[C@@]1(O)c1ccccc1. The maximum absolute atomic E-state index is 12.8. The van der Waals surface area contributed by atoms with Crippen molar-refractivity contribution >= 4 is 11.6 Å². The van der Waals surface area contributed by atoms with E-state index in [0.29, 0.717) is 18.8 Å². The zero-order chi connectivity index (χ0) is 16.4. The van der Waals surface area contributed by atoms with Gasteiger partial charge in [-0.05, 0) is 24.7 Å². The van der Waals surface area contributed by atoms with E-state index in [4.69, 9.17) is 0 Å². The maximum Gasteiger partial charge on any atom is 0.245 e. The summed E-state index contributed by atoms with van der Waals surface area (Å²) in [6, 6.07) is 16.3. The Balaban J connectivity index is 2.25. The summed E-state index contributed by atoms with van der Waals surface area (Å²) >= 11 is 0. The van der Waals surface area contributed by atoms with Crippen molar-refractivity contribution in [1.29, 1.82) is 0 Å². The van der Waals surface area contributed by atoms with E-state index in [1.54, 1.807) is 0 Å². The van der Waals surface area contributed by atoms with Crippen LogP contribution in [0.1, 0.15) is 25.0 Å². The number of fused-ring (bicyclic) bond motifs is 1. The second kappa shape index (κ2) is 6.14. The van der Waals surface area contributed by atoms with Crippen LogP contribution in [0.2, 0.25) is 0 Å². The normalized spacial score (nSPS) is 23.5. The number of para-hydroxylation sites is 1. The lowest BCUT2D eigenvalue weighted by molar-refractivity contribution is -0.131. The van der Waals surface area contributed by atoms with Crippen molar-refractivity contribution in [1.82, 2.24) is 4.90 Å². The monoisotopic (exact) mass is 310 g/mol. The van der Waals surface area contributed by atoms with Gasteiger partial charge in [0.2, 0.25) is 5.91 Å². The number of carbonyl (C=O) groups excluding carboxylic acids is 1. The van der Waals surface area contributed by atoms with Gasteiger partial charge in [-0.25, -0.2) is 0 Å². The summed E-state index contributed by atoms with van der Waals surface area (Å²) in [4.78, 5) is 14.8. The standard InChI is InChI=1S/C19H22N2O2/c1-3-21(4-2)17-18(22)20-16-13-9-8-12-15(16)19(17,23)14-10-6-5-7-11-14/h5-13,17,23H,3-4H2,1-2H3,(H,20,22)/t17-,19+/m1/s1. The van der Waals surface area contributed by atoms with Gasteiger partial charge in [0.05, 0.1) is 0 Å². The Labute approximate surface area is 136 Å². The van der Waals surface area contributed by atoms with Gasteiger partial charge in [0.1, 0.15) is 11.6 Å². The number of carbonyl (C=O) groups is 1. The van der Waals surface area contributed by atoms with Crippen LogP contribution in [0.15, 0.2) is 54.6 Å². The molecule has 2 N–H and O–H groups in total.